The van der Waals surface area contributed by atoms with Crippen LogP contribution < -0.4 is 0 Å². The zero-order chi connectivity index (χ0) is 80.0. The van der Waals surface area contributed by atoms with Crippen LogP contribution in [-0.2, 0) is 5.41 Å². The van der Waals surface area contributed by atoms with Gasteiger partial charge in [0, 0.05) is 76.6 Å². The predicted molar refractivity (Wildman–Crippen MR) is 500 cm³/mol. The van der Waals surface area contributed by atoms with Gasteiger partial charge in [-0.15, -0.1) is 0 Å². The van der Waals surface area contributed by atoms with Crippen molar-refractivity contribution in [2.75, 3.05) is 0 Å². The van der Waals surface area contributed by atoms with Gasteiger partial charge in [0.05, 0.1) is 22.1 Å². The molecule has 5 aromatic heterocycles. The number of furan rings is 2. The van der Waals surface area contributed by atoms with E-state index in [1.807, 2.05) is 0 Å². The fraction of sp³-hybridized carbons (Fsp3) is 0.0263. The minimum Gasteiger partial charge on any atom is -0.456 e. The van der Waals surface area contributed by atoms with Crippen molar-refractivity contribution in [2.45, 2.75) is 19.3 Å². The van der Waals surface area contributed by atoms with Gasteiger partial charge in [0.1, 0.15) is 22.3 Å². The standard InChI is InChI=1S/C114H73N5O2/c1-114(2)99-42-18-15-37-89(99)90-52-47-80(69-100(90)114)111-115-112(93-40-23-45-107-109(93)97-67-78(50-55-105(97)120-107)76-48-53-103-95(65-76)91-38-16-19-43-101(91)118(103)87-35-21-33-74(63-87)85-59-81(70-25-7-3-8-26-70)57-82(60-85)71-27-9-4-10-28-71)117-113(116-111)94-41-24-46-108-110(94)98-68-79(51-56-106(98)121-108)77-49-54-104-96(66-77)92-39-17-20-44-102(92)119(104)88-36-22-34-75(64-88)86-61-83(72-29-11-5-12-30-72)58-84(62-86)73-31-13-6-14-32-73/h3-69H,1-2H3. The van der Waals surface area contributed by atoms with Gasteiger partial charge < -0.3 is 18.0 Å². The summed E-state index contributed by atoms with van der Waals surface area (Å²) in [6, 6.07) is 147. The van der Waals surface area contributed by atoms with E-state index in [1.54, 1.807) is 0 Å². The molecule has 18 aromatic carbocycles. The maximum absolute atomic E-state index is 6.89. The Balaban J connectivity index is 0.619. The number of benzene rings is 18. The zero-order valence-electron chi connectivity index (χ0n) is 66.2. The Morgan fingerprint density at radius 3 is 0.983 bits per heavy atom. The highest BCUT2D eigenvalue weighted by Gasteiger charge is 2.36. The van der Waals surface area contributed by atoms with Crippen LogP contribution in [0.1, 0.15) is 25.0 Å². The van der Waals surface area contributed by atoms with Crippen LogP contribution in [0.15, 0.2) is 415 Å². The maximum Gasteiger partial charge on any atom is 0.164 e. The highest BCUT2D eigenvalue weighted by molar-refractivity contribution is 6.17. The normalized spacial score (nSPS) is 12.4. The summed E-state index contributed by atoms with van der Waals surface area (Å²) in [5.41, 5.74) is 35.3. The Bertz CT molecular complexity index is 7630. The first-order valence-corrected chi connectivity index (χ1v) is 41.4. The van der Waals surface area contributed by atoms with Crippen molar-refractivity contribution in [3.63, 3.8) is 0 Å². The average molecular weight is 1540 g/mol. The van der Waals surface area contributed by atoms with Gasteiger partial charge in [-0.25, -0.2) is 15.0 Å². The van der Waals surface area contributed by atoms with Crippen LogP contribution in [0.3, 0.4) is 0 Å². The summed E-state index contributed by atoms with van der Waals surface area (Å²) in [5.74, 6) is 1.62. The number of aromatic nitrogens is 5. The molecule has 1 aliphatic carbocycles. The summed E-state index contributed by atoms with van der Waals surface area (Å²) in [4.78, 5) is 16.8. The molecule has 1 aliphatic rings. The average Bonchev–Trinajstić information content (AvgIpc) is 1.60. The first-order chi connectivity index (χ1) is 59.7. The van der Waals surface area contributed by atoms with Crippen molar-refractivity contribution in [1.82, 2.24) is 24.1 Å². The fourth-order valence-corrected chi connectivity index (χ4v) is 19.3. The number of hydrogen-bond donors (Lipinski definition) is 0. The molecule has 0 N–H and O–H groups in total. The highest BCUT2D eigenvalue weighted by Crippen LogP contribution is 2.51. The first-order valence-electron chi connectivity index (χ1n) is 41.4. The van der Waals surface area contributed by atoms with E-state index in [4.69, 9.17) is 23.8 Å². The maximum atomic E-state index is 6.89. The highest BCUT2D eigenvalue weighted by atomic mass is 16.3. The molecule has 0 saturated heterocycles. The quantitative estimate of drug-likeness (QED) is 0.115. The van der Waals surface area contributed by atoms with Crippen LogP contribution in [0.2, 0.25) is 0 Å². The van der Waals surface area contributed by atoms with Gasteiger partial charge in [-0.1, -0.05) is 281 Å². The van der Waals surface area contributed by atoms with Gasteiger partial charge in [0.15, 0.2) is 17.5 Å². The Morgan fingerprint density at radius 1 is 0.198 bits per heavy atom. The molecule has 23 aromatic rings. The molecular weight excluding hydrogens is 1470 g/mol. The lowest BCUT2D eigenvalue weighted by Gasteiger charge is -2.21. The van der Waals surface area contributed by atoms with Gasteiger partial charge in [-0.2, -0.15) is 0 Å². The monoisotopic (exact) mass is 1540 g/mol. The molecule has 566 valence electrons. The van der Waals surface area contributed by atoms with Gasteiger partial charge in [-0.05, 0) is 251 Å². The SMILES string of the molecule is CC1(C)c2ccccc2-c2ccc(-c3nc(-c4cccc5oc6ccc(-c7ccc8c(c7)c7ccccc7n8-c7cccc(-c8cc(-c9ccccc9)cc(-c9ccccc9)c8)c7)cc6c45)nc(-c4cccc5oc6ccc(-c7ccc8c(c7)c7ccccc7n8-c7cccc(-c8cc(-c9ccccc9)cc(-c9ccccc9)c8)c7)cc6c45)n3)cc21. The summed E-state index contributed by atoms with van der Waals surface area (Å²) in [6.45, 7) is 4.64. The summed E-state index contributed by atoms with van der Waals surface area (Å²) >= 11 is 0. The molecular formula is C114H73N5O2. The summed E-state index contributed by atoms with van der Waals surface area (Å²) < 4.78 is 18.6. The lowest BCUT2D eigenvalue weighted by Crippen LogP contribution is -2.15. The van der Waals surface area contributed by atoms with E-state index in [2.05, 4.69) is 429 Å². The lowest BCUT2D eigenvalue weighted by molar-refractivity contribution is 0.660. The summed E-state index contributed by atoms with van der Waals surface area (Å²) in [6.07, 6.45) is 0. The van der Waals surface area contributed by atoms with Gasteiger partial charge in [0.25, 0.3) is 0 Å². The second-order valence-electron chi connectivity index (χ2n) is 32.6. The van der Waals surface area contributed by atoms with E-state index >= 15 is 0 Å². The molecule has 7 nitrogen and oxygen atoms in total. The van der Waals surface area contributed by atoms with Gasteiger partial charge >= 0.3 is 0 Å². The number of nitrogens with zero attached hydrogens (tertiary/aromatic N) is 5. The summed E-state index contributed by atoms with van der Waals surface area (Å²) in [5, 5.41) is 8.43. The Hall–Kier alpha value is -15.8. The number of fused-ring (bicyclic) bond motifs is 15. The number of rotatable bonds is 13. The van der Waals surface area contributed by atoms with E-state index in [0.29, 0.717) is 17.5 Å². The Kier molecular flexibility index (Phi) is 15.9. The summed E-state index contributed by atoms with van der Waals surface area (Å²) in [7, 11) is 0. The predicted octanol–water partition coefficient (Wildman–Crippen LogP) is 30.5. The molecule has 0 saturated carbocycles. The fourth-order valence-electron chi connectivity index (χ4n) is 19.3. The van der Waals surface area contributed by atoms with E-state index in [-0.39, 0.29) is 5.41 Å². The topological polar surface area (TPSA) is 74.8 Å². The second kappa shape index (κ2) is 27.7. The smallest absolute Gasteiger partial charge is 0.164 e. The molecule has 0 aliphatic heterocycles. The molecule has 0 atom stereocenters. The molecule has 0 bridgehead atoms. The molecule has 0 unspecified atom stereocenters. The third-order valence-electron chi connectivity index (χ3n) is 25.1. The van der Waals surface area contributed by atoms with E-state index in [0.717, 1.165) is 149 Å². The molecule has 121 heavy (non-hydrogen) atoms. The van der Waals surface area contributed by atoms with Crippen molar-refractivity contribution in [1.29, 1.82) is 0 Å². The second-order valence-corrected chi connectivity index (χ2v) is 32.6. The van der Waals surface area contributed by atoms with Gasteiger partial charge in [0.2, 0.25) is 0 Å². The minimum atomic E-state index is -0.268. The number of hydrogen-bond acceptors (Lipinski definition) is 5. The number of para-hydroxylation sites is 2. The molecule has 7 heteroatoms. The lowest BCUT2D eigenvalue weighted by atomic mass is 9.82. The van der Waals surface area contributed by atoms with Crippen molar-refractivity contribution >= 4 is 87.5 Å². The van der Waals surface area contributed by atoms with Crippen LogP contribution in [0.25, 0.3) is 233 Å². The molecule has 0 amide bonds. The Morgan fingerprint density at radius 2 is 0.529 bits per heavy atom. The van der Waals surface area contributed by atoms with Crippen LogP contribution in [0, 0.1) is 0 Å². The van der Waals surface area contributed by atoms with Crippen molar-refractivity contribution < 1.29 is 8.83 Å². The van der Waals surface area contributed by atoms with Crippen molar-refractivity contribution in [3.8, 4) is 146 Å². The van der Waals surface area contributed by atoms with E-state index < -0.39 is 0 Å². The third kappa shape index (κ3) is 11.6. The molecule has 0 fully saturated rings. The van der Waals surface area contributed by atoms with Gasteiger partial charge in [-0.3, -0.25) is 0 Å². The van der Waals surface area contributed by atoms with Crippen molar-refractivity contribution in [2.24, 2.45) is 0 Å². The molecule has 24 rings (SSSR count). The van der Waals surface area contributed by atoms with Crippen molar-refractivity contribution in [3.05, 3.63) is 418 Å². The first kappa shape index (κ1) is 69.5. The third-order valence-corrected chi connectivity index (χ3v) is 25.1. The van der Waals surface area contributed by atoms with Crippen LogP contribution >= 0.6 is 0 Å². The van der Waals surface area contributed by atoms with E-state index in [9.17, 15) is 0 Å². The van der Waals surface area contributed by atoms with E-state index in [1.165, 1.54) is 77.5 Å². The molecule has 5 heterocycles. The molecule has 0 radical (unpaired) electrons. The largest absolute Gasteiger partial charge is 0.456 e. The molecule has 0 spiro atoms. The van der Waals surface area contributed by atoms with Crippen LogP contribution in [0.4, 0.5) is 0 Å². The zero-order valence-corrected chi connectivity index (χ0v) is 66.2. The minimum absolute atomic E-state index is 0.268. The Labute approximate surface area is 698 Å². The van der Waals surface area contributed by atoms with Crippen LogP contribution in [0.5, 0.6) is 0 Å². The van der Waals surface area contributed by atoms with Crippen LogP contribution in [-0.4, -0.2) is 24.1 Å².